The monoisotopic (exact) mass is 599 g/mol. The Morgan fingerprint density at radius 3 is 2.32 bits per heavy atom. The van der Waals surface area contributed by atoms with Crippen molar-refractivity contribution in [2.75, 3.05) is 12.4 Å². The van der Waals surface area contributed by atoms with Gasteiger partial charge < -0.3 is 10.4 Å². The number of carboxylic acids is 1. The number of nitriles is 1. The molecule has 1 aliphatic rings. The summed E-state index contributed by atoms with van der Waals surface area (Å²) in [6, 6.07) is 14.4. The summed E-state index contributed by atoms with van der Waals surface area (Å²) >= 11 is 12.3. The molecule has 0 aliphatic carbocycles. The summed E-state index contributed by atoms with van der Waals surface area (Å²) in [6.07, 6.45) is 0.356. The average Bonchev–Trinajstić information content (AvgIpc) is 3.13. The predicted octanol–water partition coefficient (Wildman–Crippen LogP) is 7.27. The van der Waals surface area contributed by atoms with E-state index >= 15 is 8.78 Å². The highest BCUT2D eigenvalue weighted by molar-refractivity contribution is 6.31. The van der Waals surface area contributed by atoms with Gasteiger partial charge in [-0.25, -0.2) is 13.6 Å². The summed E-state index contributed by atoms with van der Waals surface area (Å²) < 4.78 is 31.6. The highest BCUT2D eigenvalue weighted by Gasteiger charge is 2.63. The summed E-state index contributed by atoms with van der Waals surface area (Å²) in [7, 11) is 1.66. The number of hydrogen-bond acceptors (Lipinski definition) is 4. The number of amides is 1. The van der Waals surface area contributed by atoms with Crippen LogP contribution in [-0.2, 0) is 10.2 Å². The fraction of sp³-hybridized carbons (Fsp3) is 0.323. The van der Waals surface area contributed by atoms with Crippen LogP contribution in [0, 0.1) is 28.4 Å². The van der Waals surface area contributed by atoms with Crippen LogP contribution in [0.1, 0.15) is 54.6 Å². The lowest BCUT2D eigenvalue weighted by atomic mass is 9.62. The molecule has 0 radical (unpaired) electrons. The van der Waals surface area contributed by atoms with Crippen LogP contribution in [0.5, 0.6) is 0 Å². The lowest BCUT2D eigenvalue weighted by Crippen LogP contribution is -2.45. The van der Waals surface area contributed by atoms with Gasteiger partial charge in [-0.2, -0.15) is 5.26 Å². The van der Waals surface area contributed by atoms with Gasteiger partial charge in [0.1, 0.15) is 17.0 Å². The fourth-order valence-corrected chi connectivity index (χ4v) is 6.23. The Bertz CT molecular complexity index is 1540. The topological polar surface area (TPSA) is 93.4 Å². The first-order chi connectivity index (χ1) is 19.2. The third-order valence-electron chi connectivity index (χ3n) is 7.61. The van der Waals surface area contributed by atoms with E-state index in [1.54, 1.807) is 11.9 Å². The minimum Gasteiger partial charge on any atom is -0.478 e. The molecule has 3 aromatic rings. The van der Waals surface area contributed by atoms with E-state index in [0.29, 0.717) is 12.1 Å². The molecule has 4 rings (SSSR count). The van der Waals surface area contributed by atoms with Crippen LogP contribution < -0.4 is 5.32 Å². The average molecular weight is 600 g/mol. The molecule has 0 spiro atoms. The second-order valence-corrected chi connectivity index (χ2v) is 12.3. The number of halogens is 4. The van der Waals surface area contributed by atoms with Gasteiger partial charge >= 0.3 is 5.97 Å². The van der Waals surface area contributed by atoms with Gasteiger partial charge in [-0.1, -0.05) is 62.2 Å². The van der Waals surface area contributed by atoms with Crippen molar-refractivity contribution >= 4 is 40.8 Å². The van der Waals surface area contributed by atoms with Crippen molar-refractivity contribution in [3.8, 4) is 6.07 Å². The van der Waals surface area contributed by atoms with E-state index in [9.17, 15) is 20.0 Å². The van der Waals surface area contributed by atoms with Gasteiger partial charge in [-0.05, 0) is 66.9 Å². The number of likely N-dealkylation sites (N-methyl/N-ethyl adjacent to an activating group) is 1. The van der Waals surface area contributed by atoms with Gasteiger partial charge in [0.15, 0.2) is 0 Å². The molecular formula is C31H29Cl2F2N3O3. The van der Waals surface area contributed by atoms with Crippen molar-refractivity contribution in [3.63, 3.8) is 0 Å². The van der Waals surface area contributed by atoms with Crippen molar-refractivity contribution in [2.24, 2.45) is 5.41 Å². The fourth-order valence-electron chi connectivity index (χ4n) is 5.89. The number of rotatable bonds is 6. The van der Waals surface area contributed by atoms with E-state index < -0.39 is 46.9 Å². The van der Waals surface area contributed by atoms with Crippen LogP contribution in [0.25, 0.3) is 0 Å². The summed E-state index contributed by atoms with van der Waals surface area (Å²) in [6.45, 7) is 5.90. The summed E-state index contributed by atoms with van der Waals surface area (Å²) in [4.78, 5) is 27.0. The van der Waals surface area contributed by atoms with Gasteiger partial charge in [0.05, 0.1) is 22.7 Å². The zero-order valence-electron chi connectivity index (χ0n) is 22.9. The Balaban J connectivity index is 1.97. The van der Waals surface area contributed by atoms with E-state index in [1.807, 2.05) is 20.8 Å². The van der Waals surface area contributed by atoms with Crippen molar-refractivity contribution in [1.82, 2.24) is 4.90 Å². The van der Waals surface area contributed by atoms with Gasteiger partial charge in [-0.15, -0.1) is 0 Å². The molecule has 1 aliphatic heterocycles. The van der Waals surface area contributed by atoms with Crippen LogP contribution in [0.4, 0.5) is 14.5 Å². The van der Waals surface area contributed by atoms with E-state index in [2.05, 4.69) is 11.4 Å². The Labute approximate surface area is 247 Å². The standard InChI is InChI=1S/C31H29Cl2F2N3O3/c1-30(2,3)15-24-31(16-36,21-13-10-18(32)14-23(21)34)25(20-6-5-7-22(33)26(20)35)27(38(24)4)28(39)37-19-11-8-17(9-12-19)29(40)41/h5-14,24-25,27H,15H2,1-4H3,(H,37,39)(H,40,41). The smallest absolute Gasteiger partial charge is 0.335 e. The number of nitrogens with one attached hydrogen (secondary N) is 1. The first-order valence-corrected chi connectivity index (χ1v) is 13.6. The van der Waals surface area contributed by atoms with Crippen molar-refractivity contribution in [1.29, 1.82) is 5.26 Å². The first kappa shape index (κ1) is 30.4. The van der Waals surface area contributed by atoms with Crippen LogP contribution in [0.2, 0.25) is 10.0 Å². The van der Waals surface area contributed by atoms with Gasteiger partial charge in [0.2, 0.25) is 5.91 Å². The Kier molecular flexibility index (Phi) is 8.47. The number of carbonyl (C=O) groups is 2. The first-order valence-electron chi connectivity index (χ1n) is 12.9. The normalized spacial score (nSPS) is 22.8. The maximum atomic E-state index is 15.8. The zero-order valence-corrected chi connectivity index (χ0v) is 24.4. The minimum atomic E-state index is -1.74. The van der Waals surface area contributed by atoms with E-state index in [-0.39, 0.29) is 32.2 Å². The Morgan fingerprint density at radius 2 is 1.76 bits per heavy atom. The summed E-state index contributed by atoms with van der Waals surface area (Å²) in [5, 5.41) is 22.9. The third kappa shape index (κ3) is 5.67. The summed E-state index contributed by atoms with van der Waals surface area (Å²) in [5.74, 6) is -4.45. The SMILES string of the molecule is CN1C(C(=O)Nc2ccc(C(=O)O)cc2)C(c2cccc(Cl)c2F)C(C#N)(c2ccc(Cl)cc2F)C1CC(C)(C)C. The van der Waals surface area contributed by atoms with E-state index in [4.69, 9.17) is 23.2 Å². The molecule has 0 aromatic heterocycles. The highest BCUT2D eigenvalue weighted by atomic mass is 35.5. The van der Waals surface area contributed by atoms with E-state index in [0.717, 1.165) is 6.07 Å². The molecule has 10 heteroatoms. The maximum absolute atomic E-state index is 15.8. The number of likely N-dealkylation sites (tertiary alicyclic amines) is 1. The van der Waals surface area contributed by atoms with Crippen molar-refractivity contribution < 1.29 is 23.5 Å². The largest absolute Gasteiger partial charge is 0.478 e. The lowest BCUT2D eigenvalue weighted by Gasteiger charge is -2.38. The molecule has 1 saturated heterocycles. The molecule has 0 saturated carbocycles. The zero-order chi connectivity index (χ0) is 30.3. The van der Waals surface area contributed by atoms with Gasteiger partial charge in [-0.3, -0.25) is 9.69 Å². The molecule has 1 fully saturated rings. The lowest BCUT2D eigenvalue weighted by molar-refractivity contribution is -0.120. The second-order valence-electron chi connectivity index (χ2n) is 11.5. The number of anilines is 1. The van der Waals surface area contributed by atoms with Gasteiger partial charge in [0.25, 0.3) is 0 Å². The van der Waals surface area contributed by atoms with Crippen LogP contribution in [-0.4, -0.2) is 41.0 Å². The number of carboxylic acid groups (broad SMARTS) is 1. The molecule has 2 N–H and O–H groups in total. The number of carbonyl (C=O) groups excluding carboxylic acids is 1. The maximum Gasteiger partial charge on any atom is 0.335 e. The summed E-state index contributed by atoms with van der Waals surface area (Å²) in [5.41, 5.74) is -1.78. The molecule has 4 atom stereocenters. The molecule has 3 aromatic carbocycles. The molecule has 41 heavy (non-hydrogen) atoms. The molecular weight excluding hydrogens is 571 g/mol. The molecule has 1 amide bonds. The van der Waals surface area contributed by atoms with Crippen LogP contribution in [0.3, 0.4) is 0 Å². The van der Waals surface area contributed by atoms with Crippen molar-refractivity contribution in [2.45, 2.75) is 50.6 Å². The molecule has 1 heterocycles. The van der Waals surface area contributed by atoms with Crippen LogP contribution >= 0.6 is 23.2 Å². The third-order valence-corrected chi connectivity index (χ3v) is 8.14. The Morgan fingerprint density at radius 1 is 1.10 bits per heavy atom. The van der Waals surface area contributed by atoms with Gasteiger partial charge in [0, 0.05) is 28.2 Å². The molecule has 4 unspecified atom stereocenters. The second kappa shape index (κ2) is 11.4. The minimum absolute atomic E-state index is 0.00182. The van der Waals surface area contributed by atoms with Crippen LogP contribution in [0.15, 0.2) is 60.7 Å². The number of aromatic carboxylic acids is 1. The molecule has 6 nitrogen and oxygen atoms in total. The Hall–Kier alpha value is -3.51. The number of benzene rings is 3. The number of nitrogens with zero attached hydrogens (tertiary/aromatic N) is 2. The molecule has 214 valence electrons. The number of hydrogen-bond donors (Lipinski definition) is 2. The quantitative estimate of drug-likeness (QED) is 0.311. The predicted molar refractivity (Wildman–Crippen MR) is 154 cm³/mol. The highest BCUT2D eigenvalue weighted by Crippen LogP contribution is 2.56. The van der Waals surface area contributed by atoms with E-state index in [1.165, 1.54) is 54.6 Å². The van der Waals surface area contributed by atoms with Crippen molar-refractivity contribution in [3.05, 3.63) is 99.0 Å². The molecule has 0 bridgehead atoms.